The van der Waals surface area contributed by atoms with Crippen LogP contribution >= 0.6 is 27.5 Å². The van der Waals surface area contributed by atoms with Crippen LogP contribution in [0.25, 0.3) is 0 Å². The van der Waals surface area contributed by atoms with E-state index in [0.29, 0.717) is 28.4 Å². The van der Waals surface area contributed by atoms with Gasteiger partial charge in [-0.05, 0) is 28.8 Å². The second-order valence-electron chi connectivity index (χ2n) is 3.84. The molecule has 0 saturated carbocycles. The zero-order chi connectivity index (χ0) is 12.5. The van der Waals surface area contributed by atoms with E-state index in [0.717, 1.165) is 6.42 Å². The van der Waals surface area contributed by atoms with E-state index in [1.807, 2.05) is 0 Å². The number of halogens is 2. The fraction of sp³-hybridized carbons (Fsp3) is 0.556. The maximum atomic E-state index is 11.6. The predicted molar refractivity (Wildman–Crippen MR) is 70.0 cm³/mol. The molecule has 1 saturated heterocycles. The Balaban J connectivity index is 2.06. The standard InChI is InChI=1S/C9H11BrClN3O2S/c10-7-8(11)13-5-14-9(7)12-4-6-2-1-3-17(6,15)16/h5-6H,1-4H2,(H,12,13,14). The Morgan fingerprint density at radius 2 is 2.29 bits per heavy atom. The molecule has 0 radical (unpaired) electrons. The van der Waals surface area contributed by atoms with Gasteiger partial charge in [0.05, 0.1) is 15.5 Å². The number of rotatable bonds is 3. The Hall–Kier alpha value is -0.400. The lowest BCUT2D eigenvalue weighted by molar-refractivity contribution is 0.591. The highest BCUT2D eigenvalue weighted by Gasteiger charge is 2.31. The number of aromatic nitrogens is 2. The first-order valence-corrected chi connectivity index (χ1v) is 8.01. The van der Waals surface area contributed by atoms with Gasteiger partial charge in [-0.1, -0.05) is 11.6 Å². The van der Waals surface area contributed by atoms with Crippen molar-refractivity contribution in [1.29, 1.82) is 0 Å². The molecule has 8 heteroatoms. The van der Waals surface area contributed by atoms with Gasteiger partial charge >= 0.3 is 0 Å². The fourth-order valence-electron chi connectivity index (χ4n) is 1.77. The third kappa shape index (κ3) is 2.89. The minimum absolute atomic E-state index is 0.283. The van der Waals surface area contributed by atoms with E-state index >= 15 is 0 Å². The Morgan fingerprint density at radius 3 is 2.94 bits per heavy atom. The van der Waals surface area contributed by atoms with Crippen molar-refractivity contribution in [2.24, 2.45) is 0 Å². The Morgan fingerprint density at radius 1 is 1.53 bits per heavy atom. The van der Waals surface area contributed by atoms with Crippen molar-refractivity contribution in [3.63, 3.8) is 0 Å². The average Bonchev–Trinajstić information content (AvgIpc) is 2.60. The Bertz CT molecular complexity index is 523. The summed E-state index contributed by atoms with van der Waals surface area (Å²) >= 11 is 9.06. The number of hydrogen-bond acceptors (Lipinski definition) is 5. The maximum Gasteiger partial charge on any atom is 0.154 e. The molecule has 2 heterocycles. The lowest BCUT2D eigenvalue weighted by Gasteiger charge is -2.12. The summed E-state index contributed by atoms with van der Waals surface area (Å²) in [5.41, 5.74) is 0. The summed E-state index contributed by atoms with van der Waals surface area (Å²) in [5, 5.41) is 2.96. The topological polar surface area (TPSA) is 72.0 Å². The zero-order valence-electron chi connectivity index (χ0n) is 8.86. The second kappa shape index (κ2) is 5.07. The second-order valence-corrected chi connectivity index (χ2v) is 7.39. The number of anilines is 1. The van der Waals surface area contributed by atoms with Crippen LogP contribution in [0, 0.1) is 0 Å². The molecule has 0 bridgehead atoms. The molecule has 1 fully saturated rings. The molecule has 1 aromatic heterocycles. The molecule has 1 N–H and O–H groups in total. The molecule has 1 aliphatic rings. The normalized spacial score (nSPS) is 22.6. The molecule has 5 nitrogen and oxygen atoms in total. The number of nitrogens with one attached hydrogen (secondary N) is 1. The maximum absolute atomic E-state index is 11.6. The minimum Gasteiger partial charge on any atom is -0.368 e. The molecule has 1 unspecified atom stereocenters. The predicted octanol–water partition coefficient (Wildman–Crippen LogP) is 1.88. The molecule has 17 heavy (non-hydrogen) atoms. The van der Waals surface area contributed by atoms with Crippen LogP contribution in [-0.4, -0.2) is 35.9 Å². The SMILES string of the molecule is O=S1(=O)CCCC1CNc1ncnc(Cl)c1Br. The van der Waals surface area contributed by atoms with E-state index in [-0.39, 0.29) is 11.0 Å². The summed E-state index contributed by atoms with van der Waals surface area (Å²) in [7, 11) is -2.93. The number of hydrogen-bond donors (Lipinski definition) is 1. The largest absolute Gasteiger partial charge is 0.368 e. The van der Waals surface area contributed by atoms with Crippen LogP contribution in [0.4, 0.5) is 5.82 Å². The van der Waals surface area contributed by atoms with Crippen molar-refractivity contribution in [2.75, 3.05) is 17.6 Å². The van der Waals surface area contributed by atoms with Gasteiger partial charge in [0.2, 0.25) is 0 Å². The molecule has 0 aromatic carbocycles. The summed E-state index contributed by atoms with van der Waals surface area (Å²) in [4.78, 5) is 7.80. The smallest absolute Gasteiger partial charge is 0.154 e. The van der Waals surface area contributed by atoms with Gasteiger partial charge in [0, 0.05) is 6.54 Å². The molecule has 0 amide bonds. The summed E-state index contributed by atoms with van der Waals surface area (Å²) in [5.74, 6) is 0.803. The van der Waals surface area contributed by atoms with Gasteiger partial charge in [-0.15, -0.1) is 0 Å². The van der Waals surface area contributed by atoms with Crippen LogP contribution in [0.15, 0.2) is 10.8 Å². The van der Waals surface area contributed by atoms with Gasteiger partial charge in [-0.2, -0.15) is 0 Å². The van der Waals surface area contributed by atoms with Crippen molar-refractivity contribution in [3.8, 4) is 0 Å². The van der Waals surface area contributed by atoms with Gasteiger partial charge in [-0.3, -0.25) is 0 Å². The van der Waals surface area contributed by atoms with Crippen LogP contribution in [0.1, 0.15) is 12.8 Å². The van der Waals surface area contributed by atoms with Gasteiger partial charge in [0.1, 0.15) is 17.3 Å². The number of sulfone groups is 1. The van der Waals surface area contributed by atoms with E-state index < -0.39 is 9.84 Å². The molecule has 1 aromatic rings. The first-order chi connectivity index (χ1) is 8.00. The highest BCUT2D eigenvalue weighted by molar-refractivity contribution is 9.10. The molecule has 94 valence electrons. The molecular weight excluding hydrogens is 330 g/mol. The highest BCUT2D eigenvalue weighted by Crippen LogP contribution is 2.27. The summed E-state index contributed by atoms with van der Waals surface area (Å²) in [6, 6.07) is 0. The van der Waals surface area contributed by atoms with Crippen molar-refractivity contribution in [2.45, 2.75) is 18.1 Å². The van der Waals surface area contributed by atoms with Crippen molar-refractivity contribution in [1.82, 2.24) is 9.97 Å². The first-order valence-electron chi connectivity index (χ1n) is 5.12. The quantitative estimate of drug-likeness (QED) is 0.851. The van der Waals surface area contributed by atoms with Gasteiger partial charge < -0.3 is 5.32 Å². The van der Waals surface area contributed by atoms with E-state index in [4.69, 9.17) is 11.6 Å². The molecule has 0 spiro atoms. The van der Waals surface area contributed by atoms with E-state index in [9.17, 15) is 8.42 Å². The third-order valence-electron chi connectivity index (χ3n) is 2.71. The first kappa shape index (κ1) is 13.0. The Labute approximate surface area is 113 Å². The van der Waals surface area contributed by atoms with E-state index in [1.54, 1.807) is 0 Å². The van der Waals surface area contributed by atoms with Crippen molar-refractivity contribution >= 4 is 43.2 Å². The minimum atomic E-state index is -2.93. The zero-order valence-corrected chi connectivity index (χ0v) is 12.0. The van der Waals surface area contributed by atoms with Crippen LogP contribution in [0.2, 0.25) is 5.15 Å². The fourth-order valence-corrected chi connectivity index (χ4v) is 4.01. The summed E-state index contributed by atoms with van der Waals surface area (Å²) in [6.07, 6.45) is 2.77. The highest BCUT2D eigenvalue weighted by atomic mass is 79.9. The van der Waals surface area contributed by atoms with E-state index in [2.05, 4.69) is 31.2 Å². The van der Waals surface area contributed by atoms with Gasteiger partial charge in [0.15, 0.2) is 9.84 Å². The lowest BCUT2D eigenvalue weighted by atomic mass is 10.2. The van der Waals surface area contributed by atoms with Crippen LogP contribution in [0.5, 0.6) is 0 Å². The van der Waals surface area contributed by atoms with E-state index in [1.165, 1.54) is 6.33 Å². The van der Waals surface area contributed by atoms with Crippen LogP contribution in [-0.2, 0) is 9.84 Å². The molecular formula is C9H11BrClN3O2S. The van der Waals surface area contributed by atoms with Gasteiger partial charge in [-0.25, -0.2) is 18.4 Å². The van der Waals surface area contributed by atoms with Crippen molar-refractivity contribution < 1.29 is 8.42 Å². The molecule has 1 aliphatic heterocycles. The van der Waals surface area contributed by atoms with Gasteiger partial charge in [0.25, 0.3) is 0 Å². The number of nitrogens with zero attached hydrogens (tertiary/aromatic N) is 2. The monoisotopic (exact) mass is 339 g/mol. The molecule has 0 aliphatic carbocycles. The average molecular weight is 341 g/mol. The van der Waals surface area contributed by atoms with Crippen LogP contribution < -0.4 is 5.32 Å². The van der Waals surface area contributed by atoms with Crippen molar-refractivity contribution in [3.05, 3.63) is 16.0 Å². The Kier molecular flexibility index (Phi) is 3.89. The third-order valence-corrected chi connectivity index (χ3v) is 6.25. The molecule has 2 rings (SSSR count). The molecule has 1 atom stereocenters. The summed E-state index contributed by atoms with van der Waals surface area (Å²) < 4.78 is 23.8. The van der Waals surface area contributed by atoms with Crippen LogP contribution in [0.3, 0.4) is 0 Å². The summed E-state index contributed by atoms with van der Waals surface area (Å²) in [6.45, 7) is 0.355. The lowest BCUT2D eigenvalue weighted by Crippen LogP contribution is -2.25.